The summed E-state index contributed by atoms with van der Waals surface area (Å²) in [5.41, 5.74) is 7.31. The molecule has 0 bridgehead atoms. The van der Waals surface area contributed by atoms with Crippen molar-refractivity contribution in [3.8, 4) is 5.75 Å². The quantitative estimate of drug-likeness (QED) is 0.661. The van der Waals surface area contributed by atoms with Crippen molar-refractivity contribution in [1.29, 1.82) is 0 Å². The maximum atomic E-state index is 13.1. The number of nitrogen functional groups attached to an aromatic ring is 1. The van der Waals surface area contributed by atoms with Crippen LogP contribution in [-0.2, 0) is 6.42 Å². The predicted molar refractivity (Wildman–Crippen MR) is 78.8 cm³/mol. The summed E-state index contributed by atoms with van der Waals surface area (Å²) >= 11 is 3.25. The lowest BCUT2D eigenvalue weighted by atomic mass is 10.1. The van der Waals surface area contributed by atoms with Crippen molar-refractivity contribution in [2.45, 2.75) is 12.8 Å². The third kappa shape index (κ3) is 3.96. The summed E-state index contributed by atoms with van der Waals surface area (Å²) in [6, 6.07) is 12.8. The zero-order valence-corrected chi connectivity index (χ0v) is 12.0. The highest BCUT2D eigenvalue weighted by atomic mass is 79.9. The Morgan fingerprint density at radius 2 is 1.89 bits per heavy atom. The zero-order chi connectivity index (χ0) is 13.7. The lowest BCUT2D eigenvalue weighted by Crippen LogP contribution is -2.03. The van der Waals surface area contributed by atoms with Crippen molar-refractivity contribution in [3.63, 3.8) is 0 Å². The van der Waals surface area contributed by atoms with E-state index in [-0.39, 0.29) is 5.82 Å². The minimum Gasteiger partial charge on any atom is -0.490 e. The van der Waals surface area contributed by atoms with Gasteiger partial charge in [-0.15, -0.1) is 0 Å². The van der Waals surface area contributed by atoms with E-state index in [0.717, 1.165) is 12.8 Å². The molecular formula is C15H15BrFNO. The molecule has 2 aromatic carbocycles. The standard InChI is InChI=1S/C15H15BrFNO/c16-13-9-12(17)10-14(18)15(13)19-8-4-7-11-5-2-1-3-6-11/h1-3,5-6,9-10H,4,7-8,18H2. The average molecular weight is 324 g/mol. The zero-order valence-electron chi connectivity index (χ0n) is 10.4. The van der Waals surface area contributed by atoms with E-state index in [0.29, 0.717) is 22.5 Å². The number of nitrogens with two attached hydrogens (primary N) is 1. The Kier molecular flexibility index (Phi) is 4.80. The van der Waals surface area contributed by atoms with E-state index in [1.165, 1.54) is 17.7 Å². The molecule has 0 fully saturated rings. The highest BCUT2D eigenvalue weighted by Crippen LogP contribution is 2.32. The molecule has 0 aliphatic carbocycles. The van der Waals surface area contributed by atoms with Crippen molar-refractivity contribution >= 4 is 21.6 Å². The molecule has 2 N–H and O–H groups in total. The van der Waals surface area contributed by atoms with Crippen LogP contribution in [0.5, 0.6) is 5.75 Å². The Morgan fingerprint density at radius 3 is 2.58 bits per heavy atom. The molecular weight excluding hydrogens is 309 g/mol. The Balaban J connectivity index is 1.86. The van der Waals surface area contributed by atoms with Gasteiger partial charge in [0.05, 0.1) is 16.8 Å². The van der Waals surface area contributed by atoms with Gasteiger partial charge in [0.25, 0.3) is 0 Å². The van der Waals surface area contributed by atoms with E-state index in [2.05, 4.69) is 28.1 Å². The molecule has 2 aromatic rings. The van der Waals surface area contributed by atoms with Crippen LogP contribution in [0.4, 0.5) is 10.1 Å². The minimum atomic E-state index is -0.374. The lowest BCUT2D eigenvalue weighted by Gasteiger charge is -2.11. The van der Waals surface area contributed by atoms with Crippen LogP contribution < -0.4 is 10.5 Å². The second kappa shape index (κ2) is 6.57. The van der Waals surface area contributed by atoms with E-state index in [1.54, 1.807) is 0 Å². The molecule has 0 saturated heterocycles. The van der Waals surface area contributed by atoms with Crippen LogP contribution in [0.1, 0.15) is 12.0 Å². The van der Waals surface area contributed by atoms with Crippen molar-refractivity contribution < 1.29 is 9.13 Å². The Labute approximate surface area is 120 Å². The maximum Gasteiger partial charge on any atom is 0.156 e. The highest BCUT2D eigenvalue weighted by Gasteiger charge is 2.08. The predicted octanol–water partition coefficient (Wildman–Crippen LogP) is 4.18. The average Bonchev–Trinajstić information content (AvgIpc) is 2.38. The number of ether oxygens (including phenoxy) is 1. The summed E-state index contributed by atoms with van der Waals surface area (Å²) in [6.45, 7) is 0.545. The molecule has 0 saturated carbocycles. The molecule has 0 aliphatic heterocycles. The molecule has 2 nitrogen and oxygen atoms in total. The molecule has 0 radical (unpaired) electrons. The molecule has 0 heterocycles. The molecule has 4 heteroatoms. The summed E-state index contributed by atoms with van der Waals surface area (Å²) in [4.78, 5) is 0. The number of rotatable bonds is 5. The van der Waals surface area contributed by atoms with E-state index < -0.39 is 0 Å². The summed E-state index contributed by atoms with van der Waals surface area (Å²) in [5, 5.41) is 0. The van der Waals surface area contributed by atoms with Crippen molar-refractivity contribution in [2.24, 2.45) is 0 Å². The molecule has 0 spiro atoms. The second-order valence-electron chi connectivity index (χ2n) is 4.24. The number of aryl methyl sites for hydroxylation is 1. The molecule has 100 valence electrons. The van der Waals surface area contributed by atoms with Gasteiger partial charge in [-0.1, -0.05) is 30.3 Å². The molecule has 0 aliphatic rings. The summed E-state index contributed by atoms with van der Waals surface area (Å²) in [5.74, 6) is 0.135. The van der Waals surface area contributed by atoms with Gasteiger partial charge in [0.1, 0.15) is 5.82 Å². The first-order valence-corrected chi connectivity index (χ1v) is 6.87. The Hall–Kier alpha value is -1.55. The highest BCUT2D eigenvalue weighted by molar-refractivity contribution is 9.10. The molecule has 0 amide bonds. The van der Waals surface area contributed by atoms with E-state index in [1.807, 2.05) is 18.2 Å². The first kappa shape index (κ1) is 13.9. The number of anilines is 1. The normalized spacial score (nSPS) is 10.4. The monoisotopic (exact) mass is 323 g/mol. The van der Waals surface area contributed by atoms with Gasteiger partial charge in [0.2, 0.25) is 0 Å². The van der Waals surface area contributed by atoms with Crippen LogP contribution in [0, 0.1) is 5.82 Å². The summed E-state index contributed by atoms with van der Waals surface area (Å²) in [6.07, 6.45) is 1.83. The first-order chi connectivity index (χ1) is 9.16. The van der Waals surface area contributed by atoms with Gasteiger partial charge in [-0.3, -0.25) is 0 Å². The molecule has 2 rings (SSSR count). The third-order valence-corrected chi connectivity index (χ3v) is 3.33. The fraction of sp³-hybridized carbons (Fsp3) is 0.200. The van der Waals surface area contributed by atoms with Crippen LogP contribution in [0.2, 0.25) is 0 Å². The van der Waals surface area contributed by atoms with Gasteiger partial charge in [-0.2, -0.15) is 0 Å². The van der Waals surface area contributed by atoms with Gasteiger partial charge in [-0.25, -0.2) is 4.39 Å². The fourth-order valence-electron chi connectivity index (χ4n) is 1.83. The number of benzene rings is 2. The largest absolute Gasteiger partial charge is 0.490 e. The summed E-state index contributed by atoms with van der Waals surface area (Å²) in [7, 11) is 0. The van der Waals surface area contributed by atoms with Crippen molar-refractivity contribution in [2.75, 3.05) is 12.3 Å². The molecule has 0 unspecified atom stereocenters. The van der Waals surface area contributed by atoms with Gasteiger partial charge in [-0.05, 0) is 40.4 Å². The lowest BCUT2D eigenvalue weighted by molar-refractivity contribution is 0.310. The smallest absolute Gasteiger partial charge is 0.156 e. The molecule has 0 aromatic heterocycles. The molecule has 19 heavy (non-hydrogen) atoms. The van der Waals surface area contributed by atoms with Crippen LogP contribution in [-0.4, -0.2) is 6.61 Å². The Bertz CT molecular complexity index is 522. The van der Waals surface area contributed by atoms with Crippen LogP contribution >= 0.6 is 15.9 Å². The van der Waals surface area contributed by atoms with E-state index in [4.69, 9.17) is 10.5 Å². The number of hydrogen-bond donors (Lipinski definition) is 1. The molecule has 0 atom stereocenters. The van der Waals surface area contributed by atoms with E-state index >= 15 is 0 Å². The minimum absolute atomic E-state index is 0.312. The van der Waals surface area contributed by atoms with Crippen molar-refractivity contribution in [1.82, 2.24) is 0 Å². The van der Waals surface area contributed by atoms with E-state index in [9.17, 15) is 4.39 Å². The number of halogens is 2. The summed E-state index contributed by atoms with van der Waals surface area (Å²) < 4.78 is 19.2. The van der Waals surface area contributed by atoms with Crippen LogP contribution in [0.3, 0.4) is 0 Å². The van der Waals surface area contributed by atoms with Crippen LogP contribution in [0.15, 0.2) is 46.9 Å². The van der Waals surface area contributed by atoms with Gasteiger partial charge < -0.3 is 10.5 Å². The third-order valence-electron chi connectivity index (χ3n) is 2.74. The maximum absolute atomic E-state index is 13.1. The second-order valence-corrected chi connectivity index (χ2v) is 5.10. The fourth-order valence-corrected chi connectivity index (χ4v) is 2.39. The number of hydrogen-bond acceptors (Lipinski definition) is 2. The van der Waals surface area contributed by atoms with Crippen LogP contribution in [0.25, 0.3) is 0 Å². The van der Waals surface area contributed by atoms with Gasteiger partial charge in [0.15, 0.2) is 5.75 Å². The topological polar surface area (TPSA) is 35.2 Å². The SMILES string of the molecule is Nc1cc(F)cc(Br)c1OCCCc1ccccc1. The van der Waals surface area contributed by atoms with Gasteiger partial charge >= 0.3 is 0 Å². The first-order valence-electron chi connectivity index (χ1n) is 6.08. The Morgan fingerprint density at radius 1 is 1.16 bits per heavy atom. The van der Waals surface area contributed by atoms with Gasteiger partial charge in [0, 0.05) is 6.07 Å². The van der Waals surface area contributed by atoms with Crippen molar-refractivity contribution in [3.05, 3.63) is 58.3 Å².